The van der Waals surface area contributed by atoms with E-state index in [0.29, 0.717) is 45.1 Å². The van der Waals surface area contributed by atoms with Gasteiger partial charge in [0.15, 0.2) is 6.61 Å². The fourth-order valence-corrected chi connectivity index (χ4v) is 3.56. The number of hydrogen-bond acceptors (Lipinski definition) is 7. The molecule has 3 heterocycles. The Kier molecular flexibility index (Phi) is 6.27. The number of nitrogens with zero attached hydrogens (tertiary/aromatic N) is 5. The predicted molar refractivity (Wildman–Crippen MR) is 110 cm³/mol. The van der Waals surface area contributed by atoms with Crippen molar-refractivity contribution in [3.63, 3.8) is 0 Å². The van der Waals surface area contributed by atoms with Crippen LogP contribution in [0.3, 0.4) is 0 Å². The average molecular weight is 415 g/mol. The van der Waals surface area contributed by atoms with Crippen LogP contribution in [-0.4, -0.2) is 79.9 Å². The van der Waals surface area contributed by atoms with Crippen LogP contribution in [0.4, 0.5) is 16.2 Å². The van der Waals surface area contributed by atoms with Gasteiger partial charge in [0.25, 0.3) is 5.91 Å². The normalized spacial score (nSPS) is 17.2. The topological polar surface area (TPSA) is 71.0 Å². The first-order valence-electron chi connectivity index (χ1n) is 10.2. The molecule has 0 spiro atoms. The van der Waals surface area contributed by atoms with E-state index in [1.165, 1.54) is 24.3 Å². The van der Waals surface area contributed by atoms with Crippen LogP contribution in [-0.2, 0) is 9.53 Å². The largest absolute Gasteiger partial charge is 0.484 e. The number of anilines is 2. The van der Waals surface area contributed by atoms with Gasteiger partial charge < -0.3 is 24.2 Å². The third-order valence-electron chi connectivity index (χ3n) is 5.26. The minimum absolute atomic E-state index is 0.0561. The Bertz CT molecular complexity index is 865. The van der Waals surface area contributed by atoms with E-state index in [1.807, 2.05) is 13.0 Å². The summed E-state index contributed by atoms with van der Waals surface area (Å²) in [5.74, 6) is 1.70. The summed E-state index contributed by atoms with van der Waals surface area (Å²) >= 11 is 0. The maximum absolute atomic E-state index is 13.0. The lowest BCUT2D eigenvalue weighted by Gasteiger charge is -2.36. The second-order valence-electron chi connectivity index (χ2n) is 7.38. The van der Waals surface area contributed by atoms with Gasteiger partial charge in [-0.25, -0.2) is 9.37 Å². The van der Waals surface area contributed by atoms with Crippen LogP contribution in [0.15, 0.2) is 30.3 Å². The zero-order valence-electron chi connectivity index (χ0n) is 17.1. The van der Waals surface area contributed by atoms with E-state index in [9.17, 15) is 9.18 Å². The molecule has 4 rings (SSSR count). The van der Waals surface area contributed by atoms with Crippen LogP contribution in [0, 0.1) is 12.7 Å². The summed E-state index contributed by atoms with van der Waals surface area (Å²) in [6.45, 7) is 7.46. The summed E-state index contributed by atoms with van der Waals surface area (Å²) < 4.78 is 23.8. The molecule has 2 aliphatic heterocycles. The highest BCUT2D eigenvalue weighted by atomic mass is 19.1. The van der Waals surface area contributed by atoms with Gasteiger partial charge in [-0.05, 0) is 31.2 Å². The highest BCUT2D eigenvalue weighted by molar-refractivity contribution is 5.78. The zero-order valence-corrected chi connectivity index (χ0v) is 17.1. The van der Waals surface area contributed by atoms with Crippen molar-refractivity contribution in [3.8, 4) is 5.75 Å². The maximum atomic E-state index is 13.0. The van der Waals surface area contributed by atoms with Gasteiger partial charge >= 0.3 is 0 Å². The van der Waals surface area contributed by atoms with Crippen molar-refractivity contribution in [3.05, 3.63) is 41.8 Å². The van der Waals surface area contributed by atoms with Crippen molar-refractivity contribution in [2.75, 3.05) is 68.9 Å². The third kappa shape index (κ3) is 4.96. The quantitative estimate of drug-likeness (QED) is 0.733. The lowest BCUT2D eigenvalue weighted by Crippen LogP contribution is -2.50. The molecule has 1 amide bonds. The van der Waals surface area contributed by atoms with Gasteiger partial charge in [-0.1, -0.05) is 0 Å². The van der Waals surface area contributed by atoms with Gasteiger partial charge in [0.05, 0.1) is 13.2 Å². The van der Waals surface area contributed by atoms with Crippen LogP contribution in [0.1, 0.15) is 5.69 Å². The predicted octanol–water partition coefficient (Wildman–Crippen LogP) is 1.49. The van der Waals surface area contributed by atoms with Gasteiger partial charge in [0.2, 0.25) is 5.95 Å². The molecule has 1 aromatic carbocycles. The van der Waals surface area contributed by atoms with Crippen LogP contribution >= 0.6 is 0 Å². The highest BCUT2D eigenvalue weighted by Gasteiger charge is 2.24. The van der Waals surface area contributed by atoms with E-state index in [-0.39, 0.29) is 18.3 Å². The van der Waals surface area contributed by atoms with Crippen molar-refractivity contribution in [1.82, 2.24) is 14.9 Å². The van der Waals surface area contributed by atoms with Gasteiger partial charge in [-0.3, -0.25) is 4.79 Å². The lowest BCUT2D eigenvalue weighted by molar-refractivity contribution is -0.133. The molecule has 2 fully saturated rings. The number of aryl methyl sites for hydroxylation is 1. The number of amides is 1. The van der Waals surface area contributed by atoms with E-state index >= 15 is 0 Å². The van der Waals surface area contributed by atoms with Crippen molar-refractivity contribution < 1.29 is 18.7 Å². The van der Waals surface area contributed by atoms with Crippen molar-refractivity contribution in [2.45, 2.75) is 6.92 Å². The smallest absolute Gasteiger partial charge is 0.260 e. The fraction of sp³-hybridized carbons (Fsp3) is 0.476. The molecular formula is C21H26FN5O3. The summed E-state index contributed by atoms with van der Waals surface area (Å²) in [7, 11) is 0. The van der Waals surface area contributed by atoms with Crippen LogP contribution in [0.2, 0.25) is 0 Å². The molecule has 0 unspecified atom stereocenters. The summed E-state index contributed by atoms with van der Waals surface area (Å²) in [5.41, 5.74) is 0.924. The number of rotatable bonds is 5. The van der Waals surface area contributed by atoms with Crippen molar-refractivity contribution >= 4 is 17.7 Å². The first-order chi connectivity index (χ1) is 14.6. The molecule has 30 heavy (non-hydrogen) atoms. The standard InChI is InChI=1S/C21H26FN5O3/c1-16-14-19(24-21(23-16)27-10-12-29-13-11-27)25-6-8-26(9-7-25)20(28)15-30-18-4-2-17(22)3-5-18/h2-5,14H,6-13,15H2,1H3. The SMILES string of the molecule is Cc1cc(N2CCN(C(=O)COc3ccc(F)cc3)CC2)nc(N2CCOCC2)n1. The number of piperazine rings is 1. The zero-order chi connectivity index (χ0) is 20.9. The van der Waals surface area contributed by atoms with E-state index in [1.54, 1.807) is 4.90 Å². The number of benzene rings is 1. The van der Waals surface area contributed by atoms with Crippen LogP contribution in [0.25, 0.3) is 0 Å². The third-order valence-corrected chi connectivity index (χ3v) is 5.26. The second-order valence-corrected chi connectivity index (χ2v) is 7.38. The number of carbonyl (C=O) groups is 1. The monoisotopic (exact) mass is 415 g/mol. The van der Waals surface area contributed by atoms with Crippen molar-refractivity contribution in [1.29, 1.82) is 0 Å². The Labute approximate surface area is 175 Å². The number of aromatic nitrogens is 2. The Morgan fingerprint density at radius 3 is 2.43 bits per heavy atom. The summed E-state index contributed by atoms with van der Waals surface area (Å²) in [6, 6.07) is 7.65. The van der Waals surface area contributed by atoms with E-state index in [0.717, 1.165) is 30.5 Å². The molecule has 2 aromatic rings. The molecule has 0 radical (unpaired) electrons. The Hall–Kier alpha value is -2.94. The molecule has 0 atom stereocenters. The molecule has 2 saturated heterocycles. The second kappa shape index (κ2) is 9.25. The molecule has 0 N–H and O–H groups in total. The highest BCUT2D eigenvalue weighted by Crippen LogP contribution is 2.20. The first kappa shape index (κ1) is 20.3. The Morgan fingerprint density at radius 1 is 1.03 bits per heavy atom. The summed E-state index contributed by atoms with van der Waals surface area (Å²) in [5, 5.41) is 0. The van der Waals surface area contributed by atoms with E-state index in [4.69, 9.17) is 14.5 Å². The van der Waals surface area contributed by atoms with Gasteiger partial charge in [-0.2, -0.15) is 4.98 Å². The molecule has 1 aromatic heterocycles. The van der Waals surface area contributed by atoms with Crippen LogP contribution in [0.5, 0.6) is 5.75 Å². The van der Waals surface area contributed by atoms with Gasteiger partial charge in [0.1, 0.15) is 17.4 Å². The number of carbonyl (C=O) groups excluding carboxylic acids is 1. The number of ether oxygens (including phenoxy) is 2. The molecule has 2 aliphatic rings. The van der Waals surface area contributed by atoms with Gasteiger partial charge in [0, 0.05) is 51.0 Å². The van der Waals surface area contributed by atoms with Crippen LogP contribution < -0.4 is 14.5 Å². The lowest BCUT2D eigenvalue weighted by atomic mass is 10.3. The molecule has 8 nitrogen and oxygen atoms in total. The molecule has 0 saturated carbocycles. The minimum atomic E-state index is -0.332. The number of halogens is 1. The summed E-state index contributed by atoms with van der Waals surface area (Å²) in [6.07, 6.45) is 0. The summed E-state index contributed by atoms with van der Waals surface area (Å²) in [4.78, 5) is 27.9. The van der Waals surface area contributed by atoms with Gasteiger partial charge in [-0.15, -0.1) is 0 Å². The maximum Gasteiger partial charge on any atom is 0.260 e. The molecule has 9 heteroatoms. The van der Waals surface area contributed by atoms with Crippen molar-refractivity contribution in [2.24, 2.45) is 0 Å². The minimum Gasteiger partial charge on any atom is -0.484 e. The fourth-order valence-electron chi connectivity index (χ4n) is 3.56. The Morgan fingerprint density at radius 2 is 1.73 bits per heavy atom. The number of morpholine rings is 1. The first-order valence-corrected chi connectivity index (χ1v) is 10.2. The molecule has 0 bridgehead atoms. The number of hydrogen-bond donors (Lipinski definition) is 0. The molecular weight excluding hydrogens is 389 g/mol. The average Bonchev–Trinajstić information content (AvgIpc) is 2.79. The molecule has 160 valence electrons. The molecule has 0 aliphatic carbocycles. The Balaban J connectivity index is 1.32. The van der Waals surface area contributed by atoms with E-state index in [2.05, 4.69) is 14.8 Å². The van der Waals surface area contributed by atoms with E-state index < -0.39 is 0 Å².